The zero-order chi connectivity index (χ0) is 16.1. The quantitative estimate of drug-likeness (QED) is 0.876. The first-order valence-corrected chi connectivity index (χ1v) is 8.33. The highest BCUT2D eigenvalue weighted by molar-refractivity contribution is 7.09. The van der Waals surface area contributed by atoms with Crippen LogP contribution in [0.2, 0.25) is 5.02 Å². The fourth-order valence-electron chi connectivity index (χ4n) is 1.93. The minimum absolute atomic E-state index is 0.139. The molecule has 2 rings (SSSR count). The first kappa shape index (κ1) is 16.8. The lowest BCUT2D eigenvalue weighted by molar-refractivity contribution is -0.127. The number of aromatic nitrogens is 1. The summed E-state index contributed by atoms with van der Waals surface area (Å²) in [5, 5.41) is 6.59. The molecule has 118 valence electrons. The average Bonchev–Trinajstić information content (AvgIpc) is 2.88. The molecule has 0 aliphatic carbocycles. The van der Waals surface area contributed by atoms with Crippen LogP contribution in [0.5, 0.6) is 5.75 Å². The van der Waals surface area contributed by atoms with Crippen LogP contribution in [0.3, 0.4) is 0 Å². The third kappa shape index (κ3) is 4.71. The molecule has 1 aromatic heterocycles. The summed E-state index contributed by atoms with van der Waals surface area (Å²) in [6.07, 6.45) is 0.167. The molecule has 1 amide bonds. The van der Waals surface area contributed by atoms with Crippen LogP contribution in [0.25, 0.3) is 0 Å². The number of nitrogens with zero attached hydrogens (tertiary/aromatic N) is 1. The Morgan fingerprint density at radius 1 is 1.45 bits per heavy atom. The van der Waals surface area contributed by atoms with E-state index >= 15 is 0 Å². The lowest BCUT2D eigenvalue weighted by atomic mass is 10.2. The van der Waals surface area contributed by atoms with Crippen molar-refractivity contribution in [1.82, 2.24) is 10.3 Å². The number of hydrogen-bond donors (Lipinski definition) is 1. The Kier molecular flexibility index (Phi) is 5.80. The number of halogens is 1. The molecule has 4 nitrogen and oxygen atoms in total. The molecule has 2 aromatic rings. The molecule has 0 bridgehead atoms. The Morgan fingerprint density at radius 3 is 2.86 bits per heavy atom. The van der Waals surface area contributed by atoms with Gasteiger partial charge in [-0.2, -0.15) is 0 Å². The van der Waals surface area contributed by atoms with E-state index in [1.807, 2.05) is 25.3 Å². The smallest absolute Gasteiger partial charge is 0.260 e. The molecule has 1 atom stereocenters. The number of carbonyl (C=O) groups excluding carboxylic acids is 1. The molecule has 0 saturated carbocycles. The van der Waals surface area contributed by atoms with Gasteiger partial charge in [-0.25, -0.2) is 4.98 Å². The van der Waals surface area contributed by atoms with E-state index in [0.717, 1.165) is 22.7 Å². The maximum atomic E-state index is 12.0. The molecule has 0 aliphatic heterocycles. The lowest BCUT2D eigenvalue weighted by Crippen LogP contribution is -2.37. The Morgan fingerprint density at radius 2 is 2.23 bits per heavy atom. The summed E-state index contributed by atoms with van der Waals surface area (Å²) in [5.74, 6) is 0.499. The second-order valence-corrected chi connectivity index (χ2v) is 6.54. The van der Waals surface area contributed by atoms with Crippen LogP contribution in [0.1, 0.15) is 23.2 Å². The number of hydrogen-bond acceptors (Lipinski definition) is 4. The molecule has 0 unspecified atom stereocenters. The topological polar surface area (TPSA) is 51.2 Å². The van der Waals surface area contributed by atoms with Gasteiger partial charge in [0.05, 0.1) is 10.7 Å². The number of ether oxygens (including phenoxy) is 1. The van der Waals surface area contributed by atoms with E-state index in [1.165, 1.54) is 0 Å². The molecular formula is C16H19ClN2O2S. The van der Waals surface area contributed by atoms with Gasteiger partial charge in [-0.1, -0.05) is 11.6 Å². The van der Waals surface area contributed by atoms with Crippen LogP contribution in [-0.4, -0.2) is 23.5 Å². The number of benzene rings is 1. The van der Waals surface area contributed by atoms with E-state index in [4.69, 9.17) is 16.3 Å². The summed E-state index contributed by atoms with van der Waals surface area (Å²) in [6.45, 7) is 6.15. The normalized spacial score (nSPS) is 12.0. The highest BCUT2D eigenvalue weighted by Crippen LogP contribution is 2.21. The van der Waals surface area contributed by atoms with Crippen molar-refractivity contribution in [2.24, 2.45) is 0 Å². The molecule has 0 fully saturated rings. The van der Waals surface area contributed by atoms with Crippen molar-refractivity contribution in [1.29, 1.82) is 0 Å². The van der Waals surface area contributed by atoms with Gasteiger partial charge in [0.15, 0.2) is 6.10 Å². The van der Waals surface area contributed by atoms with Crippen LogP contribution in [-0.2, 0) is 11.2 Å². The third-order valence-electron chi connectivity index (χ3n) is 3.16. The molecule has 0 spiro atoms. The van der Waals surface area contributed by atoms with E-state index in [2.05, 4.69) is 10.3 Å². The lowest BCUT2D eigenvalue weighted by Gasteiger charge is -2.15. The molecule has 6 heteroatoms. The third-order valence-corrected chi connectivity index (χ3v) is 4.40. The summed E-state index contributed by atoms with van der Waals surface area (Å²) in [7, 11) is 0. The van der Waals surface area contributed by atoms with Crippen molar-refractivity contribution in [3.8, 4) is 5.75 Å². The van der Waals surface area contributed by atoms with Crippen LogP contribution in [0, 0.1) is 13.8 Å². The molecule has 1 heterocycles. The standard InChI is InChI=1S/C16H19ClN2O2S/c1-10-8-14(4-5-15(10)17)21-11(2)16(20)18-7-6-13-9-22-12(3)19-13/h4-5,8-9,11H,6-7H2,1-3H3,(H,18,20)/t11-/m0/s1. The predicted molar refractivity (Wildman–Crippen MR) is 89.8 cm³/mol. The van der Waals surface area contributed by atoms with Gasteiger partial charge in [0, 0.05) is 23.4 Å². The second-order valence-electron chi connectivity index (χ2n) is 5.07. The van der Waals surface area contributed by atoms with E-state index < -0.39 is 6.10 Å². The summed E-state index contributed by atoms with van der Waals surface area (Å²) in [5.41, 5.74) is 1.93. The van der Waals surface area contributed by atoms with Crippen molar-refractivity contribution in [2.75, 3.05) is 6.54 Å². The maximum Gasteiger partial charge on any atom is 0.260 e. The van der Waals surface area contributed by atoms with Crippen molar-refractivity contribution in [3.05, 3.63) is 44.9 Å². The number of carbonyl (C=O) groups is 1. The van der Waals surface area contributed by atoms with Crippen LogP contribution in [0.4, 0.5) is 0 Å². The summed E-state index contributed by atoms with van der Waals surface area (Å²) >= 11 is 7.58. The van der Waals surface area contributed by atoms with Crippen LogP contribution >= 0.6 is 22.9 Å². The van der Waals surface area contributed by atoms with E-state index in [1.54, 1.807) is 30.4 Å². The predicted octanol–water partition coefficient (Wildman–Crippen LogP) is 3.54. The van der Waals surface area contributed by atoms with Gasteiger partial charge in [0.25, 0.3) is 5.91 Å². The van der Waals surface area contributed by atoms with Gasteiger partial charge in [-0.15, -0.1) is 11.3 Å². The minimum Gasteiger partial charge on any atom is -0.481 e. The Bertz CT molecular complexity index is 657. The van der Waals surface area contributed by atoms with Gasteiger partial charge in [0.2, 0.25) is 0 Å². The van der Waals surface area contributed by atoms with E-state index in [0.29, 0.717) is 17.3 Å². The number of rotatable bonds is 6. The van der Waals surface area contributed by atoms with Gasteiger partial charge in [-0.05, 0) is 44.5 Å². The van der Waals surface area contributed by atoms with Crippen LogP contribution in [0.15, 0.2) is 23.6 Å². The van der Waals surface area contributed by atoms with Crippen molar-refractivity contribution >= 4 is 28.8 Å². The first-order chi connectivity index (χ1) is 10.5. The molecule has 1 N–H and O–H groups in total. The molecule has 0 saturated heterocycles. The fourth-order valence-corrected chi connectivity index (χ4v) is 2.69. The van der Waals surface area contributed by atoms with Gasteiger partial charge < -0.3 is 10.1 Å². The van der Waals surface area contributed by atoms with Crippen LogP contribution < -0.4 is 10.1 Å². The molecule has 0 aliphatic rings. The van der Waals surface area contributed by atoms with E-state index in [-0.39, 0.29) is 5.91 Å². The van der Waals surface area contributed by atoms with Crippen molar-refractivity contribution < 1.29 is 9.53 Å². The second kappa shape index (κ2) is 7.61. The van der Waals surface area contributed by atoms with Crippen molar-refractivity contribution in [2.45, 2.75) is 33.3 Å². The summed E-state index contributed by atoms with van der Waals surface area (Å²) < 4.78 is 5.63. The first-order valence-electron chi connectivity index (χ1n) is 7.07. The SMILES string of the molecule is Cc1nc(CCNC(=O)[C@H](C)Oc2ccc(Cl)c(C)c2)cs1. The number of aryl methyl sites for hydroxylation is 2. The number of nitrogens with one attached hydrogen (secondary N) is 1. The minimum atomic E-state index is -0.558. The zero-order valence-electron chi connectivity index (χ0n) is 12.9. The summed E-state index contributed by atoms with van der Waals surface area (Å²) in [4.78, 5) is 16.4. The zero-order valence-corrected chi connectivity index (χ0v) is 14.4. The molecular weight excluding hydrogens is 320 g/mol. The fraction of sp³-hybridized carbons (Fsp3) is 0.375. The van der Waals surface area contributed by atoms with Gasteiger partial charge in [0.1, 0.15) is 5.75 Å². The Hall–Kier alpha value is -1.59. The highest BCUT2D eigenvalue weighted by atomic mass is 35.5. The Balaban J connectivity index is 1.80. The molecule has 22 heavy (non-hydrogen) atoms. The van der Waals surface area contributed by atoms with Gasteiger partial charge in [-0.3, -0.25) is 4.79 Å². The molecule has 1 aromatic carbocycles. The maximum absolute atomic E-state index is 12.0. The van der Waals surface area contributed by atoms with Gasteiger partial charge >= 0.3 is 0 Å². The van der Waals surface area contributed by atoms with Crippen molar-refractivity contribution in [3.63, 3.8) is 0 Å². The monoisotopic (exact) mass is 338 g/mol. The molecule has 0 radical (unpaired) electrons. The highest BCUT2D eigenvalue weighted by Gasteiger charge is 2.14. The summed E-state index contributed by atoms with van der Waals surface area (Å²) in [6, 6.07) is 5.35. The Labute approximate surface area is 139 Å². The van der Waals surface area contributed by atoms with E-state index in [9.17, 15) is 4.79 Å². The number of thiazole rings is 1. The average molecular weight is 339 g/mol. The largest absolute Gasteiger partial charge is 0.481 e. The number of amides is 1.